The minimum atomic E-state index is 0. The van der Waals surface area contributed by atoms with E-state index in [1.807, 2.05) is 36.4 Å². The minimum absolute atomic E-state index is 0. The molecule has 0 bridgehead atoms. The Hall–Kier alpha value is -2.17. The summed E-state index contributed by atoms with van der Waals surface area (Å²) < 4.78 is 10.4. The van der Waals surface area contributed by atoms with Gasteiger partial charge in [-0.15, -0.1) is 24.0 Å². The number of rotatable bonds is 7. The molecule has 0 saturated carbocycles. The molecule has 0 aliphatic carbocycles. The topological polar surface area (TPSA) is 98.6 Å². The van der Waals surface area contributed by atoms with Gasteiger partial charge in [-0.2, -0.15) is 4.98 Å². The van der Waals surface area contributed by atoms with Crippen molar-refractivity contribution < 1.29 is 9.26 Å². The molecule has 2 aromatic carbocycles. The number of benzene rings is 2. The molecule has 0 fully saturated rings. The van der Waals surface area contributed by atoms with Gasteiger partial charge in [0.05, 0.1) is 13.2 Å². The van der Waals surface area contributed by atoms with Crippen LogP contribution < -0.4 is 11.1 Å². The number of ether oxygens (including phenoxy) is 1. The molecule has 0 unspecified atom stereocenters. The van der Waals surface area contributed by atoms with E-state index in [4.69, 9.17) is 26.6 Å². The maximum Gasteiger partial charge on any atom is 0.228 e. The molecule has 0 aliphatic heterocycles. The first-order valence-electron chi connectivity index (χ1n) is 8.38. The zero-order chi connectivity index (χ0) is 19.1. The predicted molar refractivity (Wildman–Crippen MR) is 121 cm³/mol. The van der Waals surface area contributed by atoms with E-state index in [0.29, 0.717) is 42.3 Å². The van der Waals surface area contributed by atoms with E-state index >= 15 is 0 Å². The maximum absolute atomic E-state index is 5.98. The molecule has 148 valence electrons. The van der Waals surface area contributed by atoms with Gasteiger partial charge in [0.1, 0.15) is 0 Å². The molecule has 0 saturated heterocycles. The molecule has 9 heteroatoms. The van der Waals surface area contributed by atoms with E-state index in [2.05, 4.69) is 20.4 Å². The first-order chi connectivity index (χ1) is 13.2. The summed E-state index contributed by atoms with van der Waals surface area (Å²) in [4.78, 5) is 8.66. The molecule has 0 aliphatic rings. The van der Waals surface area contributed by atoms with Crippen LogP contribution in [0, 0.1) is 0 Å². The zero-order valence-corrected chi connectivity index (χ0v) is 18.3. The number of hydrogen-bond acceptors (Lipinski definition) is 5. The molecule has 1 heterocycles. The van der Waals surface area contributed by atoms with Crippen LogP contribution >= 0.6 is 35.6 Å². The summed E-state index contributed by atoms with van der Waals surface area (Å²) in [5, 5.41) is 7.68. The highest BCUT2D eigenvalue weighted by molar-refractivity contribution is 14.0. The molecule has 28 heavy (non-hydrogen) atoms. The van der Waals surface area contributed by atoms with Crippen molar-refractivity contribution >= 4 is 47.2 Å². The van der Waals surface area contributed by atoms with Crippen LogP contribution in [0.25, 0.3) is 11.4 Å². The van der Waals surface area contributed by atoms with Crippen LogP contribution in [0.1, 0.15) is 11.5 Å². The first-order valence-corrected chi connectivity index (χ1v) is 8.76. The third kappa shape index (κ3) is 6.18. The van der Waals surface area contributed by atoms with Gasteiger partial charge in [-0.25, -0.2) is 0 Å². The lowest BCUT2D eigenvalue weighted by atomic mass is 10.2. The van der Waals surface area contributed by atoms with E-state index in [9.17, 15) is 0 Å². The normalized spacial score (nSPS) is 11.1. The predicted octanol–water partition coefficient (Wildman–Crippen LogP) is 4.12. The van der Waals surface area contributed by atoms with Crippen molar-refractivity contribution in [2.75, 3.05) is 19.0 Å². The number of methoxy groups -OCH3 is 1. The standard InChI is InChI=1S/C19H20ClN5O2.HI/c1-26-12-14-5-2-3-8-16(14)23-19(21)22-10-9-17-24-18(25-27-17)13-6-4-7-15(20)11-13;/h2-8,11H,9-10,12H2,1H3,(H3,21,22,23);1H. The molecule has 1 aromatic heterocycles. The number of anilines is 1. The highest BCUT2D eigenvalue weighted by atomic mass is 127. The van der Waals surface area contributed by atoms with Gasteiger partial charge in [0.15, 0.2) is 5.96 Å². The molecular formula is C19H21ClIN5O2. The monoisotopic (exact) mass is 513 g/mol. The second-order valence-electron chi connectivity index (χ2n) is 5.75. The lowest BCUT2D eigenvalue weighted by Crippen LogP contribution is -2.23. The number of aromatic nitrogens is 2. The first kappa shape index (κ1) is 22.1. The van der Waals surface area contributed by atoms with Gasteiger partial charge in [-0.1, -0.05) is 47.1 Å². The highest BCUT2D eigenvalue weighted by Crippen LogP contribution is 2.20. The lowest BCUT2D eigenvalue weighted by Gasteiger charge is -2.10. The smallest absolute Gasteiger partial charge is 0.228 e. The Labute approximate surface area is 185 Å². The summed E-state index contributed by atoms with van der Waals surface area (Å²) in [7, 11) is 1.65. The fourth-order valence-corrected chi connectivity index (χ4v) is 2.66. The number of halogens is 2. The van der Waals surface area contributed by atoms with Gasteiger partial charge in [0, 0.05) is 35.4 Å². The van der Waals surface area contributed by atoms with E-state index in [1.165, 1.54) is 0 Å². The number of nitrogens with two attached hydrogens (primary N) is 1. The Bertz CT molecular complexity index is 932. The summed E-state index contributed by atoms with van der Waals surface area (Å²) in [6.07, 6.45) is 0.482. The van der Waals surface area contributed by atoms with E-state index in [1.54, 1.807) is 19.2 Å². The van der Waals surface area contributed by atoms with E-state index in [-0.39, 0.29) is 24.0 Å². The molecule has 0 atom stereocenters. The minimum Gasteiger partial charge on any atom is -0.380 e. The van der Waals surface area contributed by atoms with Gasteiger partial charge in [-0.05, 0) is 18.2 Å². The van der Waals surface area contributed by atoms with Crippen molar-refractivity contribution in [2.24, 2.45) is 10.7 Å². The molecule has 0 amide bonds. The Kier molecular flexibility index (Phi) is 8.68. The van der Waals surface area contributed by atoms with Crippen molar-refractivity contribution in [1.29, 1.82) is 0 Å². The Morgan fingerprint density at radius 2 is 2.07 bits per heavy atom. The molecular weight excluding hydrogens is 493 g/mol. The average Bonchev–Trinajstić information content (AvgIpc) is 3.12. The second-order valence-corrected chi connectivity index (χ2v) is 6.19. The van der Waals surface area contributed by atoms with Crippen LogP contribution in [-0.2, 0) is 17.8 Å². The third-order valence-electron chi connectivity index (χ3n) is 3.74. The Morgan fingerprint density at radius 3 is 2.86 bits per heavy atom. The second kappa shape index (κ2) is 11.0. The fourth-order valence-electron chi connectivity index (χ4n) is 2.47. The van der Waals surface area contributed by atoms with Crippen LogP contribution in [0.5, 0.6) is 0 Å². The molecule has 3 aromatic rings. The zero-order valence-electron chi connectivity index (χ0n) is 15.3. The summed E-state index contributed by atoms with van der Waals surface area (Å²) in [6.45, 7) is 0.910. The van der Waals surface area contributed by atoms with Crippen molar-refractivity contribution in [3.05, 3.63) is 65.0 Å². The summed E-state index contributed by atoms with van der Waals surface area (Å²) in [5.74, 6) is 1.30. The average molecular weight is 514 g/mol. The summed E-state index contributed by atoms with van der Waals surface area (Å²) in [5.41, 5.74) is 8.63. The maximum atomic E-state index is 5.98. The largest absolute Gasteiger partial charge is 0.380 e. The van der Waals surface area contributed by atoms with Crippen LogP contribution in [0.2, 0.25) is 5.02 Å². The van der Waals surface area contributed by atoms with Crippen molar-refractivity contribution in [3.63, 3.8) is 0 Å². The number of aliphatic imine (C=N–C) groups is 1. The van der Waals surface area contributed by atoms with Gasteiger partial charge >= 0.3 is 0 Å². The number of nitrogens with zero attached hydrogens (tertiary/aromatic N) is 3. The third-order valence-corrected chi connectivity index (χ3v) is 3.97. The molecule has 0 radical (unpaired) electrons. The van der Waals surface area contributed by atoms with E-state index in [0.717, 1.165) is 16.8 Å². The van der Waals surface area contributed by atoms with E-state index < -0.39 is 0 Å². The Morgan fingerprint density at radius 1 is 1.25 bits per heavy atom. The van der Waals surface area contributed by atoms with Gasteiger partial charge < -0.3 is 20.3 Å². The molecule has 3 rings (SSSR count). The number of hydrogen-bond donors (Lipinski definition) is 2. The van der Waals surface area contributed by atoms with Crippen LogP contribution in [0.15, 0.2) is 58.0 Å². The molecule has 0 spiro atoms. The summed E-state index contributed by atoms with van der Waals surface area (Å²) >= 11 is 5.98. The van der Waals surface area contributed by atoms with Gasteiger partial charge in [0.2, 0.25) is 11.7 Å². The van der Waals surface area contributed by atoms with Crippen molar-refractivity contribution in [3.8, 4) is 11.4 Å². The molecule has 3 N–H and O–H groups in total. The SMILES string of the molecule is COCc1ccccc1NC(N)=NCCc1nc(-c2cccc(Cl)c2)no1.I. The molecule has 7 nitrogen and oxygen atoms in total. The van der Waals surface area contributed by atoms with Crippen LogP contribution in [-0.4, -0.2) is 29.8 Å². The Balaban J connectivity index is 0.00000280. The van der Waals surface area contributed by atoms with Gasteiger partial charge in [-0.3, -0.25) is 4.99 Å². The van der Waals surface area contributed by atoms with Gasteiger partial charge in [0.25, 0.3) is 0 Å². The quantitative estimate of drug-likeness (QED) is 0.280. The summed E-state index contributed by atoms with van der Waals surface area (Å²) in [6, 6.07) is 15.0. The lowest BCUT2D eigenvalue weighted by molar-refractivity contribution is 0.185. The van der Waals surface area contributed by atoms with Crippen molar-refractivity contribution in [1.82, 2.24) is 10.1 Å². The highest BCUT2D eigenvalue weighted by Gasteiger charge is 2.09. The van der Waals surface area contributed by atoms with Crippen molar-refractivity contribution in [2.45, 2.75) is 13.0 Å². The number of guanidine groups is 1. The fraction of sp³-hybridized carbons (Fsp3) is 0.211. The van der Waals surface area contributed by atoms with Crippen LogP contribution in [0.3, 0.4) is 0 Å². The van der Waals surface area contributed by atoms with Crippen LogP contribution in [0.4, 0.5) is 5.69 Å². The number of para-hydroxylation sites is 1. The number of nitrogens with one attached hydrogen (secondary N) is 1.